The molecule has 1 aromatic carbocycles. The van der Waals surface area contributed by atoms with Gasteiger partial charge in [-0.2, -0.15) is 11.8 Å². The molecule has 3 amide bonds. The first-order chi connectivity index (χ1) is 13.5. The fraction of sp³-hybridized carbons (Fsp3) is 0.550. The fourth-order valence-corrected chi connectivity index (χ4v) is 3.79. The standard InChI is InChI=1S/C20H29N5O2S/c1-14(2)8-10-21-18(26)16(9-13-28-3)23-20(27)25-12-11-24-17-7-5-4-6-15(17)22-19(24)25/h4-7,14,16H,8-13H2,1-3H3,(H,21,26)(H,23,27). The van der Waals surface area contributed by atoms with Crippen LogP contribution < -0.4 is 15.5 Å². The van der Waals surface area contributed by atoms with Gasteiger partial charge in [-0.25, -0.2) is 9.78 Å². The number of urea groups is 1. The second kappa shape index (κ2) is 9.32. The summed E-state index contributed by atoms with van der Waals surface area (Å²) in [6, 6.07) is 7.07. The molecule has 2 N–H and O–H groups in total. The maximum absolute atomic E-state index is 12.9. The summed E-state index contributed by atoms with van der Waals surface area (Å²) in [6.45, 7) is 6.14. The molecule has 0 radical (unpaired) electrons. The topological polar surface area (TPSA) is 79.3 Å². The Labute approximate surface area is 170 Å². The Morgan fingerprint density at radius 1 is 1.21 bits per heavy atom. The Morgan fingerprint density at radius 2 is 2.00 bits per heavy atom. The van der Waals surface area contributed by atoms with Crippen LogP contribution in [0.5, 0.6) is 0 Å². The Morgan fingerprint density at radius 3 is 2.75 bits per heavy atom. The number of fused-ring (bicyclic) bond motifs is 3. The van der Waals surface area contributed by atoms with Crippen molar-refractivity contribution in [2.45, 2.75) is 39.3 Å². The average molecular weight is 404 g/mol. The van der Waals surface area contributed by atoms with E-state index in [1.165, 1.54) is 0 Å². The predicted octanol–water partition coefficient (Wildman–Crippen LogP) is 2.85. The molecule has 1 aromatic heterocycles. The quantitative estimate of drug-likeness (QED) is 0.710. The van der Waals surface area contributed by atoms with E-state index in [-0.39, 0.29) is 11.9 Å². The molecule has 0 spiro atoms. The van der Waals surface area contributed by atoms with Crippen molar-refractivity contribution in [2.75, 3.05) is 30.0 Å². The van der Waals surface area contributed by atoms with Gasteiger partial charge in [0.05, 0.1) is 11.0 Å². The third-order valence-electron chi connectivity index (χ3n) is 4.91. The van der Waals surface area contributed by atoms with Crippen molar-refractivity contribution in [1.82, 2.24) is 20.2 Å². The van der Waals surface area contributed by atoms with Crippen LogP contribution in [-0.4, -0.2) is 52.6 Å². The number of imidazole rings is 1. The first kappa shape index (κ1) is 20.5. The number of carbonyl (C=O) groups excluding carboxylic acids is 2. The van der Waals surface area contributed by atoms with Gasteiger partial charge in [0.15, 0.2) is 0 Å². The first-order valence-corrected chi connectivity index (χ1v) is 11.2. The van der Waals surface area contributed by atoms with Crippen molar-refractivity contribution in [3.63, 3.8) is 0 Å². The van der Waals surface area contributed by atoms with Crippen molar-refractivity contribution < 1.29 is 9.59 Å². The summed E-state index contributed by atoms with van der Waals surface area (Å²) < 4.78 is 2.05. The van der Waals surface area contributed by atoms with Crippen LogP contribution in [0.2, 0.25) is 0 Å². The zero-order chi connectivity index (χ0) is 20.1. The normalized spacial score (nSPS) is 14.4. The molecule has 3 rings (SSSR count). The minimum Gasteiger partial charge on any atom is -0.354 e. The minimum absolute atomic E-state index is 0.115. The van der Waals surface area contributed by atoms with E-state index in [4.69, 9.17) is 0 Å². The SMILES string of the molecule is CSCCC(NC(=O)N1CCn2c1nc1ccccc12)C(=O)NCCC(C)C. The lowest BCUT2D eigenvalue weighted by Crippen LogP contribution is -2.51. The lowest BCUT2D eigenvalue weighted by molar-refractivity contribution is -0.122. The van der Waals surface area contributed by atoms with E-state index < -0.39 is 6.04 Å². The zero-order valence-electron chi connectivity index (χ0n) is 16.8. The van der Waals surface area contributed by atoms with Gasteiger partial charge in [0.2, 0.25) is 11.9 Å². The van der Waals surface area contributed by atoms with Crippen LogP contribution in [0.15, 0.2) is 24.3 Å². The van der Waals surface area contributed by atoms with Crippen molar-refractivity contribution in [3.05, 3.63) is 24.3 Å². The number of thioether (sulfide) groups is 1. The van der Waals surface area contributed by atoms with Crippen LogP contribution in [0.3, 0.4) is 0 Å². The van der Waals surface area contributed by atoms with E-state index in [0.717, 1.165) is 23.2 Å². The number of nitrogens with one attached hydrogen (secondary N) is 2. The number of nitrogens with zero attached hydrogens (tertiary/aromatic N) is 3. The van der Waals surface area contributed by atoms with Gasteiger partial charge in [-0.3, -0.25) is 9.69 Å². The van der Waals surface area contributed by atoms with Crippen molar-refractivity contribution in [3.8, 4) is 0 Å². The number of hydrogen-bond donors (Lipinski definition) is 2. The summed E-state index contributed by atoms with van der Waals surface area (Å²) in [7, 11) is 0. The summed E-state index contributed by atoms with van der Waals surface area (Å²) in [6.07, 6.45) is 3.52. The van der Waals surface area contributed by atoms with Gasteiger partial charge in [0, 0.05) is 19.6 Å². The van der Waals surface area contributed by atoms with E-state index in [9.17, 15) is 9.59 Å². The van der Waals surface area contributed by atoms with Crippen LogP contribution in [-0.2, 0) is 11.3 Å². The number of amides is 3. The Hall–Kier alpha value is -2.22. The van der Waals surface area contributed by atoms with Crippen molar-refractivity contribution in [2.24, 2.45) is 5.92 Å². The van der Waals surface area contributed by atoms with E-state index >= 15 is 0 Å². The molecule has 152 valence electrons. The van der Waals surface area contributed by atoms with Gasteiger partial charge in [0.1, 0.15) is 6.04 Å². The average Bonchev–Trinajstić information content (AvgIpc) is 3.23. The Balaban J connectivity index is 1.68. The molecule has 1 unspecified atom stereocenters. The zero-order valence-corrected chi connectivity index (χ0v) is 17.6. The molecule has 2 heterocycles. The van der Waals surface area contributed by atoms with E-state index in [0.29, 0.717) is 37.9 Å². The number of hydrogen-bond acceptors (Lipinski definition) is 4. The summed E-state index contributed by atoms with van der Waals surface area (Å²) >= 11 is 1.67. The van der Waals surface area contributed by atoms with Gasteiger partial charge in [0.25, 0.3) is 0 Å². The van der Waals surface area contributed by atoms with Crippen molar-refractivity contribution >= 4 is 40.7 Å². The number of anilines is 1. The summed E-state index contributed by atoms with van der Waals surface area (Å²) in [5.41, 5.74) is 1.90. The van der Waals surface area contributed by atoms with Gasteiger partial charge < -0.3 is 15.2 Å². The number of rotatable bonds is 8. The summed E-state index contributed by atoms with van der Waals surface area (Å²) in [5, 5.41) is 5.88. The van der Waals surface area contributed by atoms with Crippen LogP contribution in [0, 0.1) is 5.92 Å². The van der Waals surface area contributed by atoms with E-state index in [1.54, 1.807) is 16.7 Å². The van der Waals surface area contributed by atoms with Gasteiger partial charge >= 0.3 is 6.03 Å². The second-order valence-electron chi connectivity index (χ2n) is 7.46. The number of aromatic nitrogens is 2. The number of benzene rings is 1. The third-order valence-corrected chi connectivity index (χ3v) is 5.56. The number of para-hydroxylation sites is 2. The molecule has 0 fully saturated rings. The second-order valence-corrected chi connectivity index (χ2v) is 8.45. The predicted molar refractivity (Wildman–Crippen MR) is 115 cm³/mol. The highest BCUT2D eigenvalue weighted by molar-refractivity contribution is 7.98. The highest BCUT2D eigenvalue weighted by atomic mass is 32.2. The molecular formula is C20H29N5O2S. The molecule has 0 saturated heterocycles. The molecule has 7 nitrogen and oxygen atoms in total. The maximum atomic E-state index is 12.9. The molecule has 1 atom stereocenters. The molecule has 1 aliphatic rings. The number of carbonyl (C=O) groups is 2. The van der Waals surface area contributed by atoms with E-state index in [1.807, 2.05) is 30.5 Å². The molecular weight excluding hydrogens is 374 g/mol. The molecule has 0 saturated carbocycles. The van der Waals surface area contributed by atoms with Gasteiger partial charge in [-0.15, -0.1) is 0 Å². The largest absolute Gasteiger partial charge is 0.354 e. The van der Waals surface area contributed by atoms with Crippen LogP contribution >= 0.6 is 11.8 Å². The molecule has 0 bridgehead atoms. The van der Waals surface area contributed by atoms with Crippen molar-refractivity contribution in [1.29, 1.82) is 0 Å². The molecule has 28 heavy (non-hydrogen) atoms. The fourth-order valence-electron chi connectivity index (χ4n) is 3.32. The maximum Gasteiger partial charge on any atom is 0.324 e. The molecule has 0 aliphatic carbocycles. The lowest BCUT2D eigenvalue weighted by atomic mass is 10.1. The minimum atomic E-state index is -0.537. The van der Waals surface area contributed by atoms with E-state index in [2.05, 4.69) is 34.0 Å². The molecule has 2 aromatic rings. The molecule has 1 aliphatic heterocycles. The summed E-state index contributed by atoms with van der Waals surface area (Å²) in [5.74, 6) is 1.86. The Bertz CT molecular complexity index is 835. The van der Waals surface area contributed by atoms with Gasteiger partial charge in [-0.1, -0.05) is 26.0 Å². The lowest BCUT2D eigenvalue weighted by Gasteiger charge is -2.22. The van der Waals surface area contributed by atoms with Gasteiger partial charge in [-0.05, 0) is 42.9 Å². The highest BCUT2D eigenvalue weighted by Crippen LogP contribution is 2.27. The highest BCUT2D eigenvalue weighted by Gasteiger charge is 2.30. The smallest absolute Gasteiger partial charge is 0.324 e. The first-order valence-electron chi connectivity index (χ1n) is 9.81. The summed E-state index contributed by atoms with van der Waals surface area (Å²) in [4.78, 5) is 31.7. The monoisotopic (exact) mass is 403 g/mol. The molecule has 8 heteroatoms. The third kappa shape index (κ3) is 4.60. The van der Waals surface area contributed by atoms with Crippen LogP contribution in [0.4, 0.5) is 10.7 Å². The Kier molecular flexibility index (Phi) is 6.83. The van der Waals surface area contributed by atoms with Crippen LogP contribution in [0.25, 0.3) is 11.0 Å². The van der Waals surface area contributed by atoms with Crippen LogP contribution in [0.1, 0.15) is 26.7 Å².